The van der Waals surface area contributed by atoms with E-state index in [1.165, 1.54) is 6.07 Å². The molecule has 20 heavy (non-hydrogen) atoms. The van der Waals surface area contributed by atoms with Gasteiger partial charge < -0.3 is 14.5 Å². The molecule has 6 heteroatoms. The van der Waals surface area contributed by atoms with Crippen LogP contribution in [0.15, 0.2) is 47.1 Å². The Balaban J connectivity index is 1.83. The maximum Gasteiger partial charge on any atom is 0.422 e. The van der Waals surface area contributed by atoms with Crippen LogP contribution in [0, 0.1) is 0 Å². The average molecular weight is 285 g/mol. The lowest BCUT2D eigenvalue weighted by Gasteiger charge is -2.10. The number of furan rings is 1. The molecule has 0 unspecified atom stereocenters. The number of rotatable bonds is 6. The van der Waals surface area contributed by atoms with Crippen molar-refractivity contribution in [1.82, 2.24) is 5.32 Å². The van der Waals surface area contributed by atoms with E-state index in [2.05, 4.69) is 5.32 Å². The number of ether oxygens (including phenoxy) is 1. The van der Waals surface area contributed by atoms with Crippen LogP contribution in [-0.4, -0.2) is 12.8 Å². The first-order valence-corrected chi connectivity index (χ1v) is 6.04. The Hall–Kier alpha value is -1.95. The third-order valence-corrected chi connectivity index (χ3v) is 2.51. The minimum absolute atomic E-state index is 0.208. The van der Waals surface area contributed by atoms with E-state index in [4.69, 9.17) is 9.15 Å². The fraction of sp³-hybridized carbons (Fsp3) is 0.286. The molecule has 0 radical (unpaired) electrons. The number of halogens is 3. The lowest BCUT2D eigenvalue weighted by molar-refractivity contribution is -0.153. The number of alkyl halides is 3. The van der Waals surface area contributed by atoms with E-state index in [9.17, 15) is 13.2 Å². The Morgan fingerprint density at radius 3 is 2.65 bits per heavy atom. The van der Waals surface area contributed by atoms with Crippen LogP contribution in [0.1, 0.15) is 11.3 Å². The summed E-state index contributed by atoms with van der Waals surface area (Å²) >= 11 is 0. The van der Waals surface area contributed by atoms with Gasteiger partial charge in [-0.25, -0.2) is 0 Å². The molecule has 3 nitrogen and oxygen atoms in total. The van der Waals surface area contributed by atoms with Crippen molar-refractivity contribution in [2.45, 2.75) is 19.3 Å². The van der Waals surface area contributed by atoms with Gasteiger partial charge >= 0.3 is 6.18 Å². The molecule has 1 aromatic carbocycles. The van der Waals surface area contributed by atoms with Crippen molar-refractivity contribution in [3.8, 4) is 5.75 Å². The van der Waals surface area contributed by atoms with Gasteiger partial charge in [0.2, 0.25) is 0 Å². The van der Waals surface area contributed by atoms with Crippen LogP contribution in [0.5, 0.6) is 5.75 Å². The second kappa shape index (κ2) is 6.47. The Kier molecular flexibility index (Phi) is 4.68. The monoisotopic (exact) mass is 285 g/mol. The third kappa shape index (κ3) is 4.97. The molecule has 1 heterocycles. The van der Waals surface area contributed by atoms with Gasteiger partial charge in [0.25, 0.3) is 0 Å². The normalized spacial score (nSPS) is 11.6. The molecular formula is C14H14F3NO2. The summed E-state index contributed by atoms with van der Waals surface area (Å²) in [4.78, 5) is 0. The summed E-state index contributed by atoms with van der Waals surface area (Å²) in [5, 5.41) is 3.13. The molecule has 0 saturated carbocycles. The topological polar surface area (TPSA) is 34.4 Å². The molecule has 1 N–H and O–H groups in total. The van der Waals surface area contributed by atoms with Gasteiger partial charge in [0.15, 0.2) is 6.61 Å². The van der Waals surface area contributed by atoms with E-state index in [0.29, 0.717) is 13.1 Å². The van der Waals surface area contributed by atoms with E-state index in [1.54, 1.807) is 24.5 Å². The van der Waals surface area contributed by atoms with Crippen molar-refractivity contribution in [3.63, 3.8) is 0 Å². The molecule has 2 rings (SSSR count). The molecule has 1 aromatic heterocycles. The largest absolute Gasteiger partial charge is 0.484 e. The molecule has 0 spiro atoms. The second-order valence-electron chi connectivity index (χ2n) is 4.23. The van der Waals surface area contributed by atoms with Gasteiger partial charge in [-0.3, -0.25) is 0 Å². The Morgan fingerprint density at radius 2 is 1.95 bits per heavy atom. The Labute approximate surface area is 114 Å². The molecule has 108 valence electrons. The number of hydrogen-bond donors (Lipinski definition) is 1. The quantitative estimate of drug-likeness (QED) is 0.882. The van der Waals surface area contributed by atoms with Crippen molar-refractivity contribution >= 4 is 0 Å². The van der Waals surface area contributed by atoms with E-state index in [-0.39, 0.29) is 5.75 Å². The highest BCUT2D eigenvalue weighted by Gasteiger charge is 2.28. The van der Waals surface area contributed by atoms with Gasteiger partial charge in [-0.1, -0.05) is 12.1 Å². The fourth-order valence-electron chi connectivity index (χ4n) is 1.65. The first kappa shape index (κ1) is 14.5. The molecular weight excluding hydrogens is 271 g/mol. The standard InChI is InChI=1S/C14H14F3NO2/c15-14(16,17)10-20-12-4-1-3-11(7-12)8-18-9-13-5-2-6-19-13/h1-7,18H,8-10H2. The lowest BCUT2D eigenvalue weighted by atomic mass is 10.2. The predicted molar refractivity (Wildman–Crippen MR) is 67.2 cm³/mol. The van der Waals surface area contributed by atoms with Gasteiger partial charge in [0.1, 0.15) is 11.5 Å². The zero-order valence-electron chi connectivity index (χ0n) is 10.6. The van der Waals surface area contributed by atoms with Crippen molar-refractivity contribution in [2.75, 3.05) is 6.61 Å². The first-order valence-electron chi connectivity index (χ1n) is 6.04. The fourth-order valence-corrected chi connectivity index (χ4v) is 1.65. The molecule has 0 aliphatic rings. The van der Waals surface area contributed by atoms with E-state index in [0.717, 1.165) is 11.3 Å². The van der Waals surface area contributed by atoms with Crippen LogP contribution in [0.4, 0.5) is 13.2 Å². The highest BCUT2D eigenvalue weighted by atomic mass is 19.4. The third-order valence-electron chi connectivity index (χ3n) is 2.51. The van der Waals surface area contributed by atoms with Crippen LogP contribution in [-0.2, 0) is 13.1 Å². The maximum atomic E-state index is 12.1. The highest BCUT2D eigenvalue weighted by molar-refractivity contribution is 5.28. The number of nitrogens with one attached hydrogen (secondary N) is 1. The summed E-state index contributed by atoms with van der Waals surface area (Å²) < 4.78 is 46.0. The van der Waals surface area contributed by atoms with Crippen LogP contribution >= 0.6 is 0 Å². The van der Waals surface area contributed by atoms with Crippen molar-refractivity contribution in [3.05, 3.63) is 54.0 Å². The highest BCUT2D eigenvalue weighted by Crippen LogP contribution is 2.19. The summed E-state index contributed by atoms with van der Waals surface area (Å²) in [7, 11) is 0. The number of hydrogen-bond acceptors (Lipinski definition) is 3. The van der Waals surface area contributed by atoms with Gasteiger partial charge in [0, 0.05) is 6.54 Å². The summed E-state index contributed by atoms with van der Waals surface area (Å²) in [6, 6.07) is 10.2. The molecule has 0 bridgehead atoms. The first-order chi connectivity index (χ1) is 9.53. The zero-order chi connectivity index (χ0) is 14.4. The summed E-state index contributed by atoms with van der Waals surface area (Å²) in [5.74, 6) is 1.01. The lowest BCUT2D eigenvalue weighted by Crippen LogP contribution is -2.19. The minimum Gasteiger partial charge on any atom is -0.484 e. The van der Waals surface area contributed by atoms with Gasteiger partial charge in [-0.2, -0.15) is 13.2 Å². The molecule has 0 aliphatic carbocycles. The van der Waals surface area contributed by atoms with Crippen LogP contribution in [0.3, 0.4) is 0 Å². The van der Waals surface area contributed by atoms with E-state index >= 15 is 0 Å². The summed E-state index contributed by atoms with van der Waals surface area (Å²) in [6.07, 6.45) is -2.74. The Bertz CT molecular complexity index is 523. The molecule has 0 saturated heterocycles. The predicted octanol–water partition coefficient (Wildman–Crippen LogP) is 3.51. The van der Waals surface area contributed by atoms with Gasteiger partial charge in [-0.15, -0.1) is 0 Å². The van der Waals surface area contributed by atoms with Crippen molar-refractivity contribution < 1.29 is 22.3 Å². The van der Waals surface area contributed by atoms with Gasteiger partial charge in [-0.05, 0) is 29.8 Å². The van der Waals surface area contributed by atoms with Crippen LogP contribution in [0.2, 0.25) is 0 Å². The average Bonchev–Trinajstić information content (AvgIpc) is 2.89. The second-order valence-corrected chi connectivity index (χ2v) is 4.23. The summed E-state index contributed by atoms with van der Waals surface area (Å²) in [6.45, 7) is -0.208. The van der Waals surface area contributed by atoms with Crippen LogP contribution < -0.4 is 10.1 Å². The number of benzene rings is 1. The smallest absolute Gasteiger partial charge is 0.422 e. The zero-order valence-corrected chi connectivity index (χ0v) is 10.6. The molecule has 0 atom stereocenters. The van der Waals surface area contributed by atoms with E-state index < -0.39 is 12.8 Å². The maximum absolute atomic E-state index is 12.1. The van der Waals surface area contributed by atoms with Crippen LogP contribution in [0.25, 0.3) is 0 Å². The Morgan fingerprint density at radius 1 is 1.10 bits per heavy atom. The van der Waals surface area contributed by atoms with Crippen molar-refractivity contribution in [1.29, 1.82) is 0 Å². The van der Waals surface area contributed by atoms with Gasteiger partial charge in [0.05, 0.1) is 12.8 Å². The molecule has 0 fully saturated rings. The molecule has 0 amide bonds. The molecule has 2 aromatic rings. The molecule has 0 aliphatic heterocycles. The SMILES string of the molecule is FC(F)(F)COc1cccc(CNCc2ccco2)c1. The van der Waals surface area contributed by atoms with E-state index in [1.807, 2.05) is 12.1 Å². The summed E-state index contributed by atoms with van der Waals surface area (Å²) in [5.41, 5.74) is 0.844. The minimum atomic E-state index is -4.33. The van der Waals surface area contributed by atoms with Crippen molar-refractivity contribution in [2.24, 2.45) is 0 Å².